The van der Waals surface area contributed by atoms with E-state index < -0.39 is 0 Å². The molecular weight excluding hydrogens is 282 g/mol. The number of hydrogen-bond acceptors (Lipinski definition) is 4. The Hall–Kier alpha value is -2.08. The van der Waals surface area contributed by atoms with Crippen molar-refractivity contribution in [3.05, 3.63) is 24.3 Å². The molecule has 0 aromatic heterocycles. The second-order valence-corrected chi connectivity index (χ2v) is 5.23. The van der Waals surface area contributed by atoms with E-state index in [4.69, 9.17) is 4.74 Å². The number of ether oxygens (including phenoxy) is 1. The number of carbonyl (C=O) groups excluding carboxylic acids is 2. The summed E-state index contributed by atoms with van der Waals surface area (Å²) in [7, 11) is 0. The van der Waals surface area contributed by atoms with Crippen LogP contribution < -0.4 is 10.2 Å². The smallest absolute Gasteiger partial charge is 0.243 e. The van der Waals surface area contributed by atoms with Gasteiger partial charge < -0.3 is 19.9 Å². The molecule has 6 heteroatoms. The molecule has 22 heavy (non-hydrogen) atoms. The van der Waals surface area contributed by atoms with Gasteiger partial charge in [-0.1, -0.05) is 0 Å². The molecule has 0 aliphatic carbocycles. The van der Waals surface area contributed by atoms with Gasteiger partial charge in [-0.2, -0.15) is 0 Å². The van der Waals surface area contributed by atoms with Gasteiger partial charge in [-0.25, -0.2) is 0 Å². The maximum absolute atomic E-state index is 11.9. The predicted molar refractivity (Wildman–Crippen MR) is 86.0 cm³/mol. The summed E-state index contributed by atoms with van der Waals surface area (Å²) in [4.78, 5) is 27.0. The lowest BCUT2D eigenvalue weighted by molar-refractivity contribution is -0.132. The van der Waals surface area contributed by atoms with Crippen molar-refractivity contribution < 1.29 is 14.3 Å². The molecule has 1 aliphatic heterocycles. The van der Waals surface area contributed by atoms with Gasteiger partial charge in [-0.3, -0.25) is 9.59 Å². The van der Waals surface area contributed by atoms with E-state index in [9.17, 15) is 9.59 Å². The Labute approximate surface area is 131 Å². The topological polar surface area (TPSA) is 61.9 Å². The summed E-state index contributed by atoms with van der Waals surface area (Å²) >= 11 is 0. The van der Waals surface area contributed by atoms with Gasteiger partial charge in [0.2, 0.25) is 11.8 Å². The Morgan fingerprint density at radius 2 is 1.86 bits per heavy atom. The highest BCUT2D eigenvalue weighted by Gasteiger charge is 2.13. The molecule has 0 unspecified atom stereocenters. The molecule has 1 N–H and O–H groups in total. The van der Waals surface area contributed by atoms with E-state index in [1.807, 2.05) is 31.2 Å². The van der Waals surface area contributed by atoms with E-state index in [1.165, 1.54) is 11.8 Å². The normalized spacial score (nSPS) is 14.5. The van der Waals surface area contributed by atoms with Gasteiger partial charge in [0.25, 0.3) is 0 Å². The number of amides is 2. The molecule has 1 saturated heterocycles. The van der Waals surface area contributed by atoms with Crippen molar-refractivity contribution in [1.82, 2.24) is 4.90 Å². The van der Waals surface area contributed by atoms with Crippen molar-refractivity contribution in [2.75, 3.05) is 49.6 Å². The zero-order valence-electron chi connectivity index (χ0n) is 13.2. The highest BCUT2D eigenvalue weighted by Crippen LogP contribution is 2.19. The molecule has 6 nitrogen and oxygen atoms in total. The van der Waals surface area contributed by atoms with Crippen LogP contribution in [0.5, 0.6) is 0 Å². The number of nitrogens with zero attached hydrogens (tertiary/aromatic N) is 2. The number of nitrogens with one attached hydrogen (secondary N) is 1. The van der Waals surface area contributed by atoms with E-state index in [-0.39, 0.29) is 18.4 Å². The molecular formula is C16H23N3O3. The molecule has 0 atom stereocenters. The SMILES string of the molecule is CCN(CC(=O)Nc1ccc(N2CCOCC2)cc1)C(C)=O. The molecule has 120 valence electrons. The molecule has 1 aromatic carbocycles. The van der Waals surface area contributed by atoms with Crippen LogP contribution in [0.4, 0.5) is 11.4 Å². The van der Waals surface area contributed by atoms with Gasteiger partial charge in [-0.05, 0) is 31.2 Å². The predicted octanol–water partition coefficient (Wildman–Crippen LogP) is 1.33. The largest absolute Gasteiger partial charge is 0.378 e. The maximum Gasteiger partial charge on any atom is 0.243 e. The summed E-state index contributed by atoms with van der Waals surface area (Å²) in [6.07, 6.45) is 0. The Bertz CT molecular complexity index is 510. The Kier molecular flexibility index (Phi) is 5.77. The van der Waals surface area contributed by atoms with Crippen molar-refractivity contribution in [1.29, 1.82) is 0 Å². The average Bonchev–Trinajstić information content (AvgIpc) is 2.54. The highest BCUT2D eigenvalue weighted by atomic mass is 16.5. The molecule has 1 heterocycles. The van der Waals surface area contributed by atoms with Crippen LogP contribution in [0.3, 0.4) is 0 Å². The fourth-order valence-corrected chi connectivity index (χ4v) is 2.40. The van der Waals surface area contributed by atoms with Gasteiger partial charge in [0.1, 0.15) is 0 Å². The first-order chi connectivity index (χ1) is 10.6. The van der Waals surface area contributed by atoms with Gasteiger partial charge >= 0.3 is 0 Å². The molecule has 2 rings (SSSR count). The van der Waals surface area contributed by atoms with Crippen molar-refractivity contribution in [2.24, 2.45) is 0 Å². The molecule has 0 spiro atoms. The Morgan fingerprint density at radius 1 is 1.23 bits per heavy atom. The van der Waals surface area contributed by atoms with Crippen LogP contribution in [0, 0.1) is 0 Å². The highest BCUT2D eigenvalue weighted by molar-refractivity contribution is 5.94. The fourth-order valence-electron chi connectivity index (χ4n) is 2.40. The third-order valence-corrected chi connectivity index (χ3v) is 3.69. The quantitative estimate of drug-likeness (QED) is 0.891. The number of rotatable bonds is 5. The maximum atomic E-state index is 11.9. The molecule has 1 aromatic rings. The lowest BCUT2D eigenvalue weighted by atomic mass is 10.2. The first kappa shape index (κ1) is 16.3. The summed E-state index contributed by atoms with van der Waals surface area (Å²) < 4.78 is 5.33. The van der Waals surface area contributed by atoms with Crippen molar-refractivity contribution in [3.8, 4) is 0 Å². The fraction of sp³-hybridized carbons (Fsp3) is 0.500. The minimum absolute atomic E-state index is 0.0804. The molecule has 0 radical (unpaired) electrons. The minimum Gasteiger partial charge on any atom is -0.378 e. The average molecular weight is 305 g/mol. The van der Waals surface area contributed by atoms with Crippen molar-refractivity contribution in [2.45, 2.75) is 13.8 Å². The number of anilines is 2. The van der Waals surface area contributed by atoms with Crippen LogP contribution in [-0.2, 0) is 14.3 Å². The summed E-state index contributed by atoms with van der Waals surface area (Å²) in [6, 6.07) is 7.74. The van der Waals surface area contributed by atoms with E-state index in [2.05, 4.69) is 10.2 Å². The first-order valence-corrected chi connectivity index (χ1v) is 7.58. The zero-order valence-corrected chi connectivity index (χ0v) is 13.2. The number of hydrogen-bond donors (Lipinski definition) is 1. The van der Waals surface area contributed by atoms with Gasteiger partial charge in [0.15, 0.2) is 0 Å². The Morgan fingerprint density at radius 3 is 2.41 bits per heavy atom. The number of carbonyl (C=O) groups is 2. The second-order valence-electron chi connectivity index (χ2n) is 5.23. The number of morpholine rings is 1. The lowest BCUT2D eigenvalue weighted by Crippen LogP contribution is -2.36. The molecule has 2 amide bonds. The first-order valence-electron chi connectivity index (χ1n) is 7.58. The second kappa shape index (κ2) is 7.79. The monoisotopic (exact) mass is 305 g/mol. The van der Waals surface area contributed by atoms with E-state index >= 15 is 0 Å². The Balaban J connectivity index is 1.90. The number of benzene rings is 1. The van der Waals surface area contributed by atoms with E-state index in [1.54, 1.807) is 0 Å². The van der Waals surface area contributed by atoms with Crippen LogP contribution in [0.1, 0.15) is 13.8 Å². The standard InChI is InChI=1S/C16H23N3O3/c1-3-18(13(2)20)12-16(21)17-14-4-6-15(7-5-14)19-8-10-22-11-9-19/h4-7H,3,8-12H2,1-2H3,(H,17,21). The summed E-state index contributed by atoms with van der Waals surface area (Å²) in [5.74, 6) is -0.281. The number of likely N-dealkylation sites (N-methyl/N-ethyl adjacent to an activating group) is 1. The third-order valence-electron chi connectivity index (χ3n) is 3.69. The molecule has 1 fully saturated rings. The van der Waals surface area contributed by atoms with Crippen LogP contribution in [-0.4, -0.2) is 56.1 Å². The third kappa shape index (κ3) is 4.46. The minimum atomic E-state index is -0.184. The molecule has 0 bridgehead atoms. The van der Waals surface area contributed by atoms with E-state index in [0.717, 1.165) is 37.7 Å². The summed E-state index contributed by atoms with van der Waals surface area (Å²) in [5.41, 5.74) is 1.86. The van der Waals surface area contributed by atoms with Gasteiger partial charge in [0.05, 0.1) is 19.8 Å². The summed E-state index contributed by atoms with van der Waals surface area (Å²) in [5, 5.41) is 2.82. The zero-order chi connectivity index (χ0) is 15.9. The van der Waals surface area contributed by atoms with E-state index in [0.29, 0.717) is 6.54 Å². The van der Waals surface area contributed by atoms with Crippen LogP contribution in [0.2, 0.25) is 0 Å². The lowest BCUT2D eigenvalue weighted by Gasteiger charge is -2.29. The van der Waals surface area contributed by atoms with Crippen molar-refractivity contribution >= 4 is 23.2 Å². The van der Waals surface area contributed by atoms with Crippen molar-refractivity contribution in [3.63, 3.8) is 0 Å². The van der Waals surface area contributed by atoms with Gasteiger partial charge in [-0.15, -0.1) is 0 Å². The van der Waals surface area contributed by atoms with Crippen LogP contribution in [0.25, 0.3) is 0 Å². The summed E-state index contributed by atoms with van der Waals surface area (Å²) in [6.45, 7) is 7.19. The van der Waals surface area contributed by atoms with Crippen LogP contribution in [0.15, 0.2) is 24.3 Å². The van der Waals surface area contributed by atoms with Crippen LogP contribution >= 0.6 is 0 Å². The molecule has 1 aliphatic rings. The molecule has 0 saturated carbocycles. The van der Waals surface area contributed by atoms with Gasteiger partial charge in [0, 0.05) is 37.9 Å².